The molecule has 1 saturated carbocycles. The van der Waals surface area contributed by atoms with Gasteiger partial charge in [-0.3, -0.25) is 14.5 Å². The van der Waals surface area contributed by atoms with Crippen molar-refractivity contribution >= 4 is 40.7 Å². The van der Waals surface area contributed by atoms with Gasteiger partial charge in [0.05, 0.1) is 28.8 Å². The fourth-order valence-electron chi connectivity index (χ4n) is 3.68. The lowest BCUT2D eigenvalue weighted by Gasteiger charge is -2.38. The highest BCUT2D eigenvalue weighted by Gasteiger charge is 2.28. The molecule has 0 unspecified atom stereocenters. The van der Waals surface area contributed by atoms with E-state index in [1.54, 1.807) is 30.1 Å². The highest BCUT2D eigenvalue weighted by molar-refractivity contribution is 6.39. The SMILES string of the molecule is CC(C)N(C(=O)CN(C)CC(=O)Nc1c(Cl)cccc1Cl)C1CCCCC1. The molecule has 2 rings (SSSR count). The van der Waals surface area contributed by atoms with Crippen molar-refractivity contribution < 1.29 is 9.59 Å². The Bertz CT molecular complexity index is 640. The molecule has 1 aliphatic rings. The molecular weight excluding hydrogens is 385 g/mol. The number of benzene rings is 1. The van der Waals surface area contributed by atoms with Crippen LogP contribution in [0.4, 0.5) is 5.69 Å². The Morgan fingerprint density at radius 1 is 1.11 bits per heavy atom. The smallest absolute Gasteiger partial charge is 0.238 e. The summed E-state index contributed by atoms with van der Waals surface area (Å²) in [6.45, 7) is 4.40. The van der Waals surface area contributed by atoms with Gasteiger partial charge in [-0.25, -0.2) is 0 Å². The van der Waals surface area contributed by atoms with E-state index in [-0.39, 0.29) is 30.9 Å². The number of carbonyl (C=O) groups excluding carboxylic acids is 2. The van der Waals surface area contributed by atoms with E-state index in [0.29, 0.717) is 21.8 Å². The van der Waals surface area contributed by atoms with Gasteiger partial charge in [-0.15, -0.1) is 0 Å². The molecule has 0 radical (unpaired) electrons. The predicted octanol–water partition coefficient (Wildman–Crippen LogP) is 4.43. The van der Waals surface area contributed by atoms with Crippen LogP contribution in [-0.4, -0.2) is 53.8 Å². The minimum absolute atomic E-state index is 0.0722. The van der Waals surface area contributed by atoms with E-state index in [1.807, 2.05) is 4.90 Å². The van der Waals surface area contributed by atoms with E-state index >= 15 is 0 Å². The van der Waals surface area contributed by atoms with Crippen LogP contribution in [0.1, 0.15) is 46.0 Å². The molecule has 1 aromatic rings. The summed E-state index contributed by atoms with van der Waals surface area (Å²) in [4.78, 5) is 28.9. The molecule has 1 aliphatic carbocycles. The lowest BCUT2D eigenvalue weighted by atomic mass is 9.93. The summed E-state index contributed by atoms with van der Waals surface area (Å²) in [5.74, 6) is -0.183. The molecule has 0 spiro atoms. The first-order chi connectivity index (χ1) is 12.8. The minimum atomic E-state index is -0.255. The Kier molecular flexibility index (Phi) is 8.39. The summed E-state index contributed by atoms with van der Waals surface area (Å²) in [6, 6.07) is 5.53. The molecule has 0 atom stereocenters. The number of anilines is 1. The Morgan fingerprint density at radius 3 is 2.26 bits per heavy atom. The third kappa shape index (κ3) is 6.37. The lowest BCUT2D eigenvalue weighted by Crippen LogP contribution is -2.49. The highest BCUT2D eigenvalue weighted by atomic mass is 35.5. The molecule has 27 heavy (non-hydrogen) atoms. The Morgan fingerprint density at radius 2 is 1.70 bits per heavy atom. The van der Waals surface area contributed by atoms with Crippen molar-refractivity contribution in [2.45, 2.75) is 58.0 Å². The summed E-state index contributed by atoms with van der Waals surface area (Å²) in [7, 11) is 1.77. The quantitative estimate of drug-likeness (QED) is 0.718. The van der Waals surface area contributed by atoms with Crippen molar-refractivity contribution in [3.63, 3.8) is 0 Å². The first-order valence-corrected chi connectivity index (χ1v) is 10.3. The van der Waals surface area contributed by atoms with Crippen LogP contribution < -0.4 is 5.32 Å². The van der Waals surface area contributed by atoms with E-state index < -0.39 is 0 Å². The number of halogens is 2. The van der Waals surface area contributed by atoms with Gasteiger partial charge in [0.15, 0.2) is 0 Å². The zero-order valence-electron chi connectivity index (χ0n) is 16.3. The zero-order chi connectivity index (χ0) is 20.0. The predicted molar refractivity (Wildman–Crippen MR) is 111 cm³/mol. The first-order valence-electron chi connectivity index (χ1n) is 9.53. The van der Waals surface area contributed by atoms with Crippen LogP contribution in [0.2, 0.25) is 10.0 Å². The van der Waals surface area contributed by atoms with E-state index in [0.717, 1.165) is 12.8 Å². The Balaban J connectivity index is 1.91. The van der Waals surface area contributed by atoms with Crippen molar-refractivity contribution in [2.24, 2.45) is 0 Å². The number of carbonyl (C=O) groups is 2. The van der Waals surface area contributed by atoms with Crippen LogP contribution in [0.3, 0.4) is 0 Å². The van der Waals surface area contributed by atoms with Crippen molar-refractivity contribution in [2.75, 3.05) is 25.5 Å². The normalized spacial score (nSPS) is 15.2. The number of hydrogen-bond acceptors (Lipinski definition) is 3. The number of nitrogens with zero attached hydrogens (tertiary/aromatic N) is 2. The maximum absolute atomic E-state index is 12.9. The summed E-state index contributed by atoms with van der Waals surface area (Å²) in [6.07, 6.45) is 5.75. The summed E-state index contributed by atoms with van der Waals surface area (Å²) >= 11 is 12.2. The number of likely N-dealkylation sites (N-methyl/N-ethyl adjacent to an activating group) is 1. The molecule has 1 fully saturated rings. The van der Waals surface area contributed by atoms with Crippen LogP contribution in [0, 0.1) is 0 Å². The van der Waals surface area contributed by atoms with Gasteiger partial charge in [-0.2, -0.15) is 0 Å². The second-order valence-corrected chi connectivity index (χ2v) is 8.32. The molecule has 1 N–H and O–H groups in total. The average molecular weight is 414 g/mol. The standard InChI is InChI=1S/C20H29Cl2N3O2/c1-14(2)25(15-8-5-4-6-9-15)19(27)13-24(3)12-18(26)23-20-16(21)10-7-11-17(20)22/h7,10-11,14-15H,4-6,8-9,12-13H2,1-3H3,(H,23,26). The third-order valence-electron chi connectivity index (χ3n) is 4.86. The van der Waals surface area contributed by atoms with Crippen molar-refractivity contribution in [1.82, 2.24) is 9.80 Å². The molecule has 0 saturated heterocycles. The maximum atomic E-state index is 12.9. The largest absolute Gasteiger partial charge is 0.336 e. The molecule has 0 aromatic heterocycles. The summed E-state index contributed by atoms with van der Waals surface area (Å²) in [5.41, 5.74) is 0.400. The molecule has 150 valence electrons. The van der Waals surface area contributed by atoms with E-state index in [4.69, 9.17) is 23.2 Å². The molecular formula is C20H29Cl2N3O2. The van der Waals surface area contributed by atoms with Crippen molar-refractivity contribution in [3.8, 4) is 0 Å². The maximum Gasteiger partial charge on any atom is 0.238 e. The van der Waals surface area contributed by atoms with Gasteiger partial charge in [0.2, 0.25) is 11.8 Å². The topological polar surface area (TPSA) is 52.7 Å². The van der Waals surface area contributed by atoms with Crippen molar-refractivity contribution in [3.05, 3.63) is 28.2 Å². The van der Waals surface area contributed by atoms with Gasteiger partial charge < -0.3 is 10.2 Å². The second-order valence-electron chi connectivity index (χ2n) is 7.50. The lowest BCUT2D eigenvalue weighted by molar-refractivity contribution is -0.137. The third-order valence-corrected chi connectivity index (χ3v) is 5.49. The summed E-state index contributed by atoms with van der Waals surface area (Å²) < 4.78 is 0. The van der Waals surface area contributed by atoms with Crippen molar-refractivity contribution in [1.29, 1.82) is 0 Å². The molecule has 5 nitrogen and oxygen atoms in total. The van der Waals surface area contributed by atoms with Gasteiger partial charge in [0.1, 0.15) is 0 Å². The number of amides is 2. The van der Waals surface area contributed by atoms with Gasteiger partial charge in [-0.05, 0) is 45.9 Å². The Hall–Kier alpha value is -1.30. The number of rotatable bonds is 7. The zero-order valence-corrected chi connectivity index (χ0v) is 17.8. The molecule has 7 heteroatoms. The fraction of sp³-hybridized carbons (Fsp3) is 0.600. The second kappa shape index (κ2) is 10.3. The monoisotopic (exact) mass is 413 g/mol. The molecule has 0 bridgehead atoms. The van der Waals surface area contributed by atoms with E-state index in [1.165, 1.54) is 19.3 Å². The summed E-state index contributed by atoms with van der Waals surface area (Å²) in [5, 5.41) is 3.50. The van der Waals surface area contributed by atoms with Gasteiger partial charge in [-0.1, -0.05) is 48.5 Å². The van der Waals surface area contributed by atoms with Crippen LogP contribution in [0.5, 0.6) is 0 Å². The van der Waals surface area contributed by atoms with E-state index in [2.05, 4.69) is 19.2 Å². The van der Waals surface area contributed by atoms with Gasteiger partial charge in [0.25, 0.3) is 0 Å². The van der Waals surface area contributed by atoms with Crippen LogP contribution in [0.15, 0.2) is 18.2 Å². The van der Waals surface area contributed by atoms with Gasteiger partial charge in [0, 0.05) is 12.1 Å². The highest BCUT2D eigenvalue weighted by Crippen LogP contribution is 2.29. The van der Waals surface area contributed by atoms with Crippen LogP contribution in [0.25, 0.3) is 0 Å². The average Bonchev–Trinajstić information content (AvgIpc) is 2.58. The van der Waals surface area contributed by atoms with E-state index in [9.17, 15) is 9.59 Å². The number of nitrogens with one attached hydrogen (secondary N) is 1. The Labute approximate surface area is 172 Å². The minimum Gasteiger partial charge on any atom is -0.336 e. The number of para-hydroxylation sites is 1. The molecule has 1 aromatic carbocycles. The fourth-order valence-corrected chi connectivity index (χ4v) is 4.17. The van der Waals surface area contributed by atoms with Crippen LogP contribution >= 0.6 is 23.2 Å². The van der Waals surface area contributed by atoms with Gasteiger partial charge >= 0.3 is 0 Å². The molecule has 0 heterocycles. The molecule has 2 amide bonds. The first kappa shape index (κ1) is 22.0. The van der Waals surface area contributed by atoms with Crippen LogP contribution in [-0.2, 0) is 9.59 Å². The molecule has 0 aliphatic heterocycles. The number of hydrogen-bond donors (Lipinski definition) is 1.